The smallest absolute Gasteiger partial charge is 0.125 e. The Morgan fingerprint density at radius 3 is 2.48 bits per heavy atom. The predicted molar refractivity (Wildman–Crippen MR) is 109 cm³/mol. The molecule has 5 nitrogen and oxygen atoms in total. The summed E-state index contributed by atoms with van der Waals surface area (Å²) in [6, 6.07) is 8.01. The Morgan fingerprint density at radius 2 is 1.89 bits per heavy atom. The van der Waals surface area contributed by atoms with Gasteiger partial charge in [0.1, 0.15) is 30.9 Å². The second kappa shape index (κ2) is 10.4. The lowest BCUT2D eigenvalue weighted by atomic mass is 10.1. The second-order valence-corrected chi connectivity index (χ2v) is 6.28. The molecule has 0 radical (unpaired) electrons. The summed E-state index contributed by atoms with van der Waals surface area (Å²) >= 11 is 0. The van der Waals surface area contributed by atoms with E-state index in [0.717, 1.165) is 46.0 Å². The van der Waals surface area contributed by atoms with Gasteiger partial charge < -0.3 is 14.3 Å². The fourth-order valence-electron chi connectivity index (χ4n) is 2.70. The van der Waals surface area contributed by atoms with Gasteiger partial charge in [0.05, 0.1) is 12.3 Å². The molecule has 27 heavy (non-hydrogen) atoms. The summed E-state index contributed by atoms with van der Waals surface area (Å²) in [6.07, 6.45) is 6.60. The number of pyridine rings is 1. The quantitative estimate of drug-likeness (QED) is 0.367. The van der Waals surface area contributed by atoms with E-state index in [1.807, 2.05) is 70.3 Å². The van der Waals surface area contributed by atoms with E-state index in [-0.39, 0.29) is 0 Å². The summed E-state index contributed by atoms with van der Waals surface area (Å²) in [5.41, 5.74) is 4.83. The number of hydrogen-bond donors (Lipinski definition) is 0. The first kappa shape index (κ1) is 20.5. The number of allylic oxidation sites excluding steroid dienone is 1. The maximum Gasteiger partial charge on any atom is 0.125 e. The first-order chi connectivity index (χ1) is 13.0. The van der Waals surface area contributed by atoms with E-state index >= 15 is 0 Å². The SMILES string of the molecule is C/C=C/COc1cc(C)c(OCCc2ccc(C(C)=NOC)nc2)c(C)c1. The Bertz CT molecular complexity index is 773. The van der Waals surface area contributed by atoms with Gasteiger partial charge in [0, 0.05) is 12.6 Å². The van der Waals surface area contributed by atoms with Crippen molar-refractivity contribution in [2.24, 2.45) is 5.16 Å². The lowest BCUT2D eigenvalue weighted by Crippen LogP contribution is -2.06. The van der Waals surface area contributed by atoms with Crippen molar-refractivity contribution in [2.45, 2.75) is 34.1 Å². The molecule has 0 aliphatic rings. The minimum atomic E-state index is 0.577. The lowest BCUT2D eigenvalue weighted by Gasteiger charge is -2.14. The van der Waals surface area contributed by atoms with Gasteiger partial charge in [-0.25, -0.2) is 0 Å². The maximum atomic E-state index is 6.03. The van der Waals surface area contributed by atoms with Gasteiger partial charge in [-0.1, -0.05) is 23.4 Å². The molecule has 0 fully saturated rings. The monoisotopic (exact) mass is 368 g/mol. The molecule has 144 valence electrons. The highest BCUT2D eigenvalue weighted by molar-refractivity contribution is 5.96. The van der Waals surface area contributed by atoms with E-state index in [2.05, 4.69) is 10.1 Å². The molecule has 0 saturated heterocycles. The van der Waals surface area contributed by atoms with Crippen molar-refractivity contribution in [1.29, 1.82) is 0 Å². The first-order valence-corrected chi connectivity index (χ1v) is 9.06. The van der Waals surface area contributed by atoms with Crippen LogP contribution in [0.15, 0.2) is 47.8 Å². The van der Waals surface area contributed by atoms with E-state index in [1.54, 1.807) is 0 Å². The molecule has 0 spiro atoms. The summed E-state index contributed by atoms with van der Waals surface area (Å²) in [5, 5.41) is 3.89. The molecule has 1 aromatic heterocycles. The molecule has 0 aliphatic heterocycles. The van der Waals surface area contributed by atoms with E-state index in [0.29, 0.717) is 13.2 Å². The van der Waals surface area contributed by atoms with Crippen LogP contribution in [0.3, 0.4) is 0 Å². The predicted octanol–water partition coefficient (Wildman–Crippen LogP) is 4.65. The minimum Gasteiger partial charge on any atom is -0.493 e. The average Bonchev–Trinajstić information content (AvgIpc) is 2.65. The molecule has 0 N–H and O–H groups in total. The van der Waals surface area contributed by atoms with Crippen LogP contribution in [0, 0.1) is 13.8 Å². The molecule has 2 rings (SSSR count). The van der Waals surface area contributed by atoms with Gasteiger partial charge in [-0.2, -0.15) is 0 Å². The van der Waals surface area contributed by atoms with Crippen LogP contribution in [-0.4, -0.2) is 31.0 Å². The van der Waals surface area contributed by atoms with Crippen molar-refractivity contribution >= 4 is 5.71 Å². The van der Waals surface area contributed by atoms with Crippen LogP contribution in [-0.2, 0) is 11.3 Å². The number of aromatic nitrogens is 1. The average molecular weight is 368 g/mol. The third-order valence-corrected chi connectivity index (χ3v) is 4.08. The first-order valence-electron chi connectivity index (χ1n) is 9.06. The zero-order chi connectivity index (χ0) is 19.6. The number of hydrogen-bond acceptors (Lipinski definition) is 5. The summed E-state index contributed by atoms with van der Waals surface area (Å²) < 4.78 is 11.7. The van der Waals surface area contributed by atoms with Crippen molar-refractivity contribution < 1.29 is 14.3 Å². The van der Waals surface area contributed by atoms with Crippen molar-refractivity contribution in [3.63, 3.8) is 0 Å². The Balaban J connectivity index is 1.94. The molecule has 0 atom stereocenters. The van der Waals surface area contributed by atoms with Crippen LogP contribution in [0.25, 0.3) is 0 Å². The molecule has 0 bridgehead atoms. The highest BCUT2D eigenvalue weighted by Gasteiger charge is 2.08. The molecule has 0 unspecified atom stereocenters. The number of aryl methyl sites for hydroxylation is 2. The third-order valence-electron chi connectivity index (χ3n) is 4.08. The standard InChI is InChI=1S/C22H28N2O3/c1-6-7-11-26-20-13-16(2)22(17(3)14-20)27-12-10-19-8-9-21(23-15-19)18(4)24-25-5/h6-9,13-15H,10-12H2,1-5H3/b7-6+,24-18?. The van der Waals surface area contributed by atoms with Crippen LogP contribution >= 0.6 is 0 Å². The summed E-state index contributed by atoms with van der Waals surface area (Å²) in [7, 11) is 1.53. The van der Waals surface area contributed by atoms with Gasteiger partial charge in [0.15, 0.2) is 0 Å². The molecule has 0 saturated carbocycles. The van der Waals surface area contributed by atoms with Gasteiger partial charge in [0.2, 0.25) is 0 Å². The van der Waals surface area contributed by atoms with Gasteiger partial charge in [0.25, 0.3) is 0 Å². The van der Waals surface area contributed by atoms with Crippen LogP contribution in [0.5, 0.6) is 11.5 Å². The molecule has 0 amide bonds. The number of rotatable bonds is 9. The van der Waals surface area contributed by atoms with Crippen LogP contribution in [0.1, 0.15) is 36.2 Å². The number of nitrogens with zero attached hydrogens (tertiary/aromatic N) is 2. The van der Waals surface area contributed by atoms with Crippen molar-refractivity contribution in [2.75, 3.05) is 20.3 Å². The van der Waals surface area contributed by atoms with Crippen LogP contribution in [0.4, 0.5) is 0 Å². The topological polar surface area (TPSA) is 52.9 Å². The Labute approximate surface area is 161 Å². The number of ether oxygens (including phenoxy) is 2. The third kappa shape index (κ3) is 6.13. The summed E-state index contributed by atoms with van der Waals surface area (Å²) in [6.45, 7) is 9.10. The van der Waals surface area contributed by atoms with E-state index < -0.39 is 0 Å². The largest absolute Gasteiger partial charge is 0.493 e. The number of oxime groups is 1. The van der Waals surface area contributed by atoms with Gasteiger partial charge in [-0.15, -0.1) is 0 Å². The highest BCUT2D eigenvalue weighted by atomic mass is 16.6. The van der Waals surface area contributed by atoms with Crippen LogP contribution < -0.4 is 9.47 Å². The van der Waals surface area contributed by atoms with Gasteiger partial charge in [-0.3, -0.25) is 4.98 Å². The van der Waals surface area contributed by atoms with Crippen molar-refractivity contribution in [1.82, 2.24) is 4.98 Å². The molecule has 0 aliphatic carbocycles. The van der Waals surface area contributed by atoms with E-state index in [4.69, 9.17) is 14.3 Å². The lowest BCUT2D eigenvalue weighted by molar-refractivity contribution is 0.213. The van der Waals surface area contributed by atoms with Crippen molar-refractivity contribution in [3.05, 3.63) is 65.0 Å². The minimum absolute atomic E-state index is 0.577. The molecule has 1 aromatic carbocycles. The van der Waals surface area contributed by atoms with E-state index in [9.17, 15) is 0 Å². The maximum absolute atomic E-state index is 6.03. The van der Waals surface area contributed by atoms with Crippen LogP contribution in [0.2, 0.25) is 0 Å². The molecule has 5 heteroatoms. The fourth-order valence-corrected chi connectivity index (χ4v) is 2.70. The zero-order valence-corrected chi connectivity index (χ0v) is 16.8. The zero-order valence-electron chi connectivity index (χ0n) is 16.8. The second-order valence-electron chi connectivity index (χ2n) is 6.28. The van der Waals surface area contributed by atoms with Gasteiger partial charge in [-0.05, 0) is 62.6 Å². The summed E-state index contributed by atoms with van der Waals surface area (Å²) in [5.74, 6) is 1.78. The highest BCUT2D eigenvalue weighted by Crippen LogP contribution is 2.28. The molecular weight excluding hydrogens is 340 g/mol. The Kier molecular flexibility index (Phi) is 7.86. The summed E-state index contributed by atoms with van der Waals surface area (Å²) in [4.78, 5) is 9.19. The number of benzene rings is 1. The molecule has 2 aromatic rings. The van der Waals surface area contributed by atoms with E-state index in [1.165, 1.54) is 7.11 Å². The van der Waals surface area contributed by atoms with Gasteiger partial charge >= 0.3 is 0 Å². The molecular formula is C22H28N2O3. The Morgan fingerprint density at radius 1 is 1.15 bits per heavy atom. The van der Waals surface area contributed by atoms with Crippen molar-refractivity contribution in [3.8, 4) is 11.5 Å². The fraction of sp³-hybridized carbons (Fsp3) is 0.364. The molecule has 1 heterocycles. The Hall–Kier alpha value is -2.82. The normalized spacial score (nSPS) is 11.7.